The molecule has 0 spiro atoms. The van der Waals surface area contributed by atoms with Crippen LogP contribution in [-0.2, 0) is 22.7 Å². The lowest BCUT2D eigenvalue weighted by Crippen LogP contribution is -2.25. The zero-order chi connectivity index (χ0) is 23.8. The van der Waals surface area contributed by atoms with Crippen LogP contribution in [-0.4, -0.2) is 24.7 Å². The van der Waals surface area contributed by atoms with Gasteiger partial charge in [0.25, 0.3) is 0 Å². The number of rotatable bonds is 10. The van der Waals surface area contributed by atoms with E-state index in [1.54, 1.807) is 11.1 Å². The summed E-state index contributed by atoms with van der Waals surface area (Å²) in [5.74, 6) is -1.62. The van der Waals surface area contributed by atoms with Gasteiger partial charge in [-0.05, 0) is 65.4 Å². The summed E-state index contributed by atoms with van der Waals surface area (Å²) in [4.78, 5) is 18.4. The van der Waals surface area contributed by atoms with Crippen molar-refractivity contribution in [3.63, 3.8) is 0 Å². The fraction of sp³-hybridized carbons (Fsp3) is 0.296. The first kappa shape index (κ1) is 24.6. The molecule has 3 rings (SSSR count). The van der Waals surface area contributed by atoms with Crippen molar-refractivity contribution in [1.82, 2.24) is 5.06 Å². The molecule has 6 heteroatoms. The average Bonchev–Trinajstić information content (AvgIpc) is 2.80. The van der Waals surface area contributed by atoms with Crippen molar-refractivity contribution < 1.29 is 23.1 Å². The van der Waals surface area contributed by atoms with Gasteiger partial charge in [-0.1, -0.05) is 43.7 Å². The van der Waals surface area contributed by atoms with E-state index >= 15 is 0 Å². The van der Waals surface area contributed by atoms with Crippen LogP contribution in [0.5, 0.6) is 0 Å². The van der Waals surface area contributed by atoms with E-state index in [0.717, 1.165) is 41.2 Å². The third-order valence-electron chi connectivity index (χ3n) is 5.38. The number of nitrogens with zero attached hydrogens (tertiary/aromatic N) is 1. The van der Waals surface area contributed by atoms with Gasteiger partial charge >= 0.3 is 5.97 Å². The fourth-order valence-electron chi connectivity index (χ4n) is 3.66. The summed E-state index contributed by atoms with van der Waals surface area (Å²) < 4.78 is 32.2. The Labute approximate surface area is 193 Å². The third kappa shape index (κ3) is 6.70. The number of halogens is 2. The van der Waals surface area contributed by atoms with Crippen molar-refractivity contribution in [2.24, 2.45) is 0 Å². The molecule has 0 aliphatic heterocycles. The van der Waals surface area contributed by atoms with E-state index in [2.05, 4.69) is 6.92 Å². The summed E-state index contributed by atoms with van der Waals surface area (Å²) in [6.45, 7) is 5.20. The number of aryl methyl sites for hydroxylation is 1. The van der Waals surface area contributed by atoms with E-state index < -0.39 is 17.6 Å². The molecule has 0 saturated heterocycles. The van der Waals surface area contributed by atoms with Crippen molar-refractivity contribution in [3.8, 4) is 11.1 Å². The number of unbranched alkanes of at least 4 members (excludes halogenated alkanes) is 1. The number of methoxy groups -OCH3 is 1. The first-order valence-electron chi connectivity index (χ1n) is 11.0. The molecule has 0 N–H and O–H groups in total. The van der Waals surface area contributed by atoms with Crippen molar-refractivity contribution in [3.05, 3.63) is 94.6 Å². The Morgan fingerprint density at radius 2 is 1.67 bits per heavy atom. The maximum atomic E-state index is 13.6. The van der Waals surface area contributed by atoms with Gasteiger partial charge in [0.15, 0.2) is 0 Å². The normalized spacial score (nSPS) is 11.1. The second-order valence-electron chi connectivity index (χ2n) is 7.95. The Hall–Kier alpha value is -3.09. The van der Waals surface area contributed by atoms with Crippen molar-refractivity contribution in [2.45, 2.75) is 39.8 Å². The Morgan fingerprint density at radius 1 is 0.939 bits per heavy atom. The second kappa shape index (κ2) is 11.7. The first-order valence-corrected chi connectivity index (χ1v) is 11.0. The van der Waals surface area contributed by atoms with E-state index in [1.807, 2.05) is 43.3 Å². The minimum atomic E-state index is -0.610. The molecule has 4 nitrogen and oxygen atoms in total. The van der Waals surface area contributed by atoms with Crippen LogP contribution in [0.25, 0.3) is 11.1 Å². The molecule has 3 aromatic rings. The number of hydrogen-bond acceptors (Lipinski definition) is 4. The van der Waals surface area contributed by atoms with Crippen molar-refractivity contribution in [2.75, 3.05) is 13.7 Å². The van der Waals surface area contributed by atoms with Gasteiger partial charge in [-0.25, -0.2) is 13.6 Å². The first-order chi connectivity index (χ1) is 15.9. The molecule has 0 aromatic heterocycles. The quantitative estimate of drug-likeness (QED) is 0.261. The number of hydroxylamine groups is 2. The van der Waals surface area contributed by atoms with E-state index in [9.17, 15) is 13.6 Å². The van der Waals surface area contributed by atoms with Gasteiger partial charge in [-0.3, -0.25) is 4.84 Å². The predicted octanol–water partition coefficient (Wildman–Crippen LogP) is 6.46. The molecule has 0 heterocycles. The molecule has 0 fully saturated rings. The summed E-state index contributed by atoms with van der Waals surface area (Å²) in [7, 11) is 1.36. The lowest BCUT2D eigenvalue weighted by atomic mass is 9.94. The number of esters is 1. The third-order valence-corrected chi connectivity index (χ3v) is 5.38. The maximum absolute atomic E-state index is 13.6. The maximum Gasteiger partial charge on any atom is 0.338 e. The van der Waals surface area contributed by atoms with Crippen LogP contribution in [0.1, 0.15) is 46.8 Å². The van der Waals surface area contributed by atoms with Crippen LogP contribution in [0.4, 0.5) is 8.78 Å². The highest BCUT2D eigenvalue weighted by Gasteiger charge is 2.16. The van der Waals surface area contributed by atoms with Crippen LogP contribution in [0, 0.1) is 18.6 Å². The molecule has 33 heavy (non-hydrogen) atoms. The molecule has 0 aliphatic carbocycles. The molecular weight excluding hydrogens is 424 g/mol. The zero-order valence-corrected chi connectivity index (χ0v) is 19.2. The fourth-order valence-corrected chi connectivity index (χ4v) is 3.66. The highest BCUT2D eigenvalue weighted by Crippen LogP contribution is 2.29. The van der Waals surface area contributed by atoms with Crippen molar-refractivity contribution in [1.29, 1.82) is 0 Å². The standard InChI is InChI=1S/C27H29F2NO3/c1-4-5-12-30(17-21-13-22(28)16-23(29)14-21)33-18-20-10-11-25(27(31)32-3)26(15-20)24-9-7-6-8-19(24)2/h6-11,13-16H,4-5,12,17-18H2,1-3H3. The smallest absolute Gasteiger partial charge is 0.338 e. The monoisotopic (exact) mass is 453 g/mol. The van der Waals surface area contributed by atoms with Crippen molar-refractivity contribution >= 4 is 5.97 Å². The van der Waals surface area contributed by atoms with Crippen LogP contribution in [0.2, 0.25) is 0 Å². The highest BCUT2D eigenvalue weighted by molar-refractivity contribution is 5.97. The highest BCUT2D eigenvalue weighted by atomic mass is 19.1. The largest absolute Gasteiger partial charge is 0.465 e. The molecule has 0 radical (unpaired) electrons. The van der Waals surface area contributed by atoms with Crippen LogP contribution in [0.15, 0.2) is 60.7 Å². The molecule has 3 aromatic carbocycles. The molecule has 0 aliphatic rings. The van der Waals surface area contributed by atoms with Crippen LogP contribution < -0.4 is 0 Å². The SMILES string of the molecule is CCCCN(Cc1cc(F)cc(F)c1)OCc1ccc(C(=O)OC)c(-c2ccccc2C)c1. The Kier molecular flexibility index (Phi) is 8.69. The lowest BCUT2D eigenvalue weighted by molar-refractivity contribution is -0.177. The average molecular weight is 454 g/mol. The Morgan fingerprint density at radius 3 is 2.33 bits per heavy atom. The van der Waals surface area contributed by atoms with Crippen LogP contribution >= 0.6 is 0 Å². The van der Waals surface area contributed by atoms with Gasteiger partial charge in [-0.15, -0.1) is 0 Å². The predicted molar refractivity (Wildman–Crippen MR) is 124 cm³/mol. The molecule has 0 amide bonds. The van der Waals surface area contributed by atoms with Gasteiger partial charge in [0, 0.05) is 19.2 Å². The number of hydrogen-bond donors (Lipinski definition) is 0. The minimum Gasteiger partial charge on any atom is -0.465 e. The molecule has 0 unspecified atom stereocenters. The van der Waals surface area contributed by atoms with E-state index in [-0.39, 0.29) is 13.2 Å². The molecular formula is C27H29F2NO3. The zero-order valence-electron chi connectivity index (χ0n) is 19.2. The minimum absolute atomic E-state index is 0.252. The molecule has 174 valence electrons. The van der Waals surface area contributed by atoms with Gasteiger partial charge < -0.3 is 4.74 Å². The second-order valence-corrected chi connectivity index (χ2v) is 7.95. The van der Waals surface area contributed by atoms with E-state index in [4.69, 9.17) is 9.57 Å². The van der Waals surface area contributed by atoms with E-state index in [1.165, 1.54) is 19.2 Å². The summed E-state index contributed by atoms with van der Waals surface area (Å²) in [5, 5.41) is 1.72. The van der Waals surface area contributed by atoms with Gasteiger partial charge in [0.1, 0.15) is 11.6 Å². The van der Waals surface area contributed by atoms with Gasteiger partial charge in [-0.2, -0.15) is 5.06 Å². The topological polar surface area (TPSA) is 38.8 Å². The Balaban J connectivity index is 1.83. The molecule has 0 bridgehead atoms. The number of carbonyl (C=O) groups excluding carboxylic acids is 1. The number of benzene rings is 3. The van der Waals surface area contributed by atoms with Gasteiger partial charge in [0.05, 0.1) is 19.3 Å². The Bertz CT molecular complexity index is 1080. The van der Waals surface area contributed by atoms with E-state index in [0.29, 0.717) is 17.7 Å². The van der Waals surface area contributed by atoms with Gasteiger partial charge in [0.2, 0.25) is 0 Å². The number of carbonyl (C=O) groups is 1. The molecule has 0 atom stereocenters. The number of ether oxygens (including phenoxy) is 1. The summed E-state index contributed by atoms with van der Waals surface area (Å²) in [6.07, 6.45) is 1.84. The summed E-state index contributed by atoms with van der Waals surface area (Å²) in [5.41, 5.74) is 4.61. The lowest BCUT2D eigenvalue weighted by Gasteiger charge is -2.22. The molecule has 0 saturated carbocycles. The van der Waals surface area contributed by atoms with Crippen LogP contribution in [0.3, 0.4) is 0 Å². The summed E-state index contributed by atoms with van der Waals surface area (Å²) in [6, 6.07) is 16.8. The summed E-state index contributed by atoms with van der Waals surface area (Å²) >= 11 is 0.